The second-order valence-corrected chi connectivity index (χ2v) is 8.38. The van der Waals surface area contributed by atoms with Crippen molar-refractivity contribution >= 4 is 21.9 Å². The van der Waals surface area contributed by atoms with Gasteiger partial charge in [0, 0.05) is 34.4 Å². The summed E-state index contributed by atoms with van der Waals surface area (Å²) in [6, 6.07) is 6.19. The maximum Gasteiger partial charge on any atom is 0.142 e. The zero-order chi connectivity index (χ0) is 22.6. The van der Waals surface area contributed by atoms with Gasteiger partial charge in [0.05, 0.1) is 29.4 Å². The Labute approximate surface area is 185 Å². The van der Waals surface area contributed by atoms with Crippen LogP contribution in [0, 0.1) is 20.8 Å². The van der Waals surface area contributed by atoms with Crippen molar-refractivity contribution < 1.29 is 9.26 Å². The molecule has 4 heterocycles. The molecule has 0 aliphatic heterocycles. The minimum absolute atomic E-state index is 0.337. The number of nitrogens with zero attached hydrogens (tertiary/aromatic N) is 4. The molecule has 5 aromatic rings. The zero-order valence-electron chi connectivity index (χ0n) is 19.1. The first-order chi connectivity index (χ1) is 15.4. The standard InChI is InChI=1S/C25H25N5O2/c1-12(2)16-7-8-26-11-19(16)24-23-17-10-21(31-6)18(22-13(3)30-32-14(22)4)9-20(17)29-25(23)28-15(5)27-24/h7-12H,1-6H3,(H,27,28,29). The van der Waals surface area contributed by atoms with E-state index in [0.29, 0.717) is 11.7 Å². The van der Waals surface area contributed by atoms with Crippen LogP contribution in [-0.2, 0) is 0 Å². The molecule has 4 aromatic heterocycles. The number of nitrogens with one attached hydrogen (secondary N) is 1. The van der Waals surface area contributed by atoms with Crippen LogP contribution < -0.4 is 4.74 Å². The maximum absolute atomic E-state index is 5.80. The van der Waals surface area contributed by atoms with Crippen LogP contribution >= 0.6 is 0 Å². The van der Waals surface area contributed by atoms with E-state index < -0.39 is 0 Å². The Morgan fingerprint density at radius 2 is 1.88 bits per heavy atom. The van der Waals surface area contributed by atoms with Crippen LogP contribution in [-0.4, -0.2) is 32.2 Å². The van der Waals surface area contributed by atoms with E-state index in [1.165, 1.54) is 5.56 Å². The van der Waals surface area contributed by atoms with E-state index in [2.05, 4.69) is 41.1 Å². The van der Waals surface area contributed by atoms with Gasteiger partial charge in [-0.25, -0.2) is 9.97 Å². The van der Waals surface area contributed by atoms with Crippen molar-refractivity contribution in [3.63, 3.8) is 0 Å². The van der Waals surface area contributed by atoms with Crippen molar-refractivity contribution in [1.29, 1.82) is 0 Å². The lowest BCUT2D eigenvalue weighted by Crippen LogP contribution is -1.98. The molecule has 0 radical (unpaired) electrons. The van der Waals surface area contributed by atoms with Gasteiger partial charge >= 0.3 is 0 Å². The van der Waals surface area contributed by atoms with Crippen LogP contribution in [0.3, 0.4) is 0 Å². The van der Waals surface area contributed by atoms with Gasteiger partial charge in [0.2, 0.25) is 0 Å². The first kappa shape index (κ1) is 20.2. The van der Waals surface area contributed by atoms with Crippen molar-refractivity contribution in [3.05, 3.63) is 53.4 Å². The van der Waals surface area contributed by atoms with Gasteiger partial charge in [-0.2, -0.15) is 0 Å². The smallest absolute Gasteiger partial charge is 0.142 e. The molecule has 0 aliphatic rings. The molecule has 0 saturated heterocycles. The lowest BCUT2D eigenvalue weighted by Gasteiger charge is -2.13. The van der Waals surface area contributed by atoms with Crippen LogP contribution in [0.15, 0.2) is 35.1 Å². The molecule has 0 bridgehead atoms. The molecular weight excluding hydrogens is 402 g/mol. The Balaban J connectivity index is 1.87. The molecule has 5 rings (SSSR count). The molecular formula is C25H25N5O2. The lowest BCUT2D eigenvalue weighted by molar-refractivity contribution is 0.393. The van der Waals surface area contributed by atoms with Gasteiger partial charge in [0.25, 0.3) is 0 Å². The molecule has 0 saturated carbocycles. The third-order valence-corrected chi connectivity index (χ3v) is 5.92. The molecule has 1 N–H and O–H groups in total. The first-order valence-corrected chi connectivity index (χ1v) is 10.6. The normalized spacial score (nSPS) is 11.7. The predicted molar refractivity (Wildman–Crippen MR) is 125 cm³/mol. The topological polar surface area (TPSA) is 89.7 Å². The fourth-order valence-electron chi connectivity index (χ4n) is 4.47. The van der Waals surface area contributed by atoms with Gasteiger partial charge < -0.3 is 14.2 Å². The minimum atomic E-state index is 0.337. The van der Waals surface area contributed by atoms with Crippen molar-refractivity contribution in [1.82, 2.24) is 25.1 Å². The summed E-state index contributed by atoms with van der Waals surface area (Å²) in [7, 11) is 1.68. The number of aromatic nitrogens is 5. The molecule has 7 heteroatoms. The van der Waals surface area contributed by atoms with E-state index in [0.717, 1.165) is 61.5 Å². The highest BCUT2D eigenvalue weighted by Gasteiger charge is 2.22. The van der Waals surface area contributed by atoms with E-state index >= 15 is 0 Å². The van der Waals surface area contributed by atoms with Gasteiger partial charge in [0.1, 0.15) is 23.0 Å². The number of fused-ring (bicyclic) bond motifs is 3. The fourth-order valence-corrected chi connectivity index (χ4v) is 4.47. The van der Waals surface area contributed by atoms with Crippen molar-refractivity contribution in [2.24, 2.45) is 0 Å². The van der Waals surface area contributed by atoms with Gasteiger partial charge in [-0.3, -0.25) is 4.98 Å². The van der Waals surface area contributed by atoms with Gasteiger partial charge in [-0.05, 0) is 50.5 Å². The SMILES string of the molecule is COc1cc2c(cc1-c1c(C)noc1C)[nH]c1nc(C)nc(-c3cnccc3C(C)C)c12. The van der Waals surface area contributed by atoms with E-state index in [1.54, 1.807) is 7.11 Å². The molecule has 162 valence electrons. The van der Waals surface area contributed by atoms with Crippen molar-refractivity contribution in [3.8, 4) is 28.1 Å². The Kier molecular flexibility index (Phi) is 4.69. The Hall–Kier alpha value is -3.74. The molecule has 1 aromatic carbocycles. The average molecular weight is 428 g/mol. The monoisotopic (exact) mass is 427 g/mol. The van der Waals surface area contributed by atoms with Crippen LogP contribution in [0.1, 0.15) is 42.6 Å². The molecule has 0 fully saturated rings. The third-order valence-electron chi connectivity index (χ3n) is 5.92. The molecule has 0 unspecified atom stereocenters. The molecule has 0 spiro atoms. The summed E-state index contributed by atoms with van der Waals surface area (Å²) >= 11 is 0. The second-order valence-electron chi connectivity index (χ2n) is 8.38. The lowest BCUT2D eigenvalue weighted by atomic mass is 9.95. The van der Waals surface area contributed by atoms with E-state index in [-0.39, 0.29) is 0 Å². The number of rotatable bonds is 4. The quantitative estimate of drug-likeness (QED) is 0.385. The summed E-state index contributed by atoms with van der Waals surface area (Å²) in [5, 5.41) is 6.08. The number of ether oxygens (including phenoxy) is 1. The van der Waals surface area contributed by atoms with E-state index in [9.17, 15) is 0 Å². The Bertz CT molecular complexity index is 1460. The number of hydrogen-bond donors (Lipinski definition) is 1. The summed E-state index contributed by atoms with van der Waals surface area (Å²) in [5.74, 6) is 2.54. The van der Waals surface area contributed by atoms with Crippen molar-refractivity contribution in [2.45, 2.75) is 40.5 Å². The molecule has 7 nitrogen and oxygen atoms in total. The van der Waals surface area contributed by atoms with E-state index in [1.807, 2.05) is 39.2 Å². The highest BCUT2D eigenvalue weighted by atomic mass is 16.5. The molecule has 0 aliphatic carbocycles. The summed E-state index contributed by atoms with van der Waals surface area (Å²) < 4.78 is 11.2. The van der Waals surface area contributed by atoms with Crippen LogP contribution in [0.4, 0.5) is 0 Å². The Morgan fingerprint density at radius 3 is 2.56 bits per heavy atom. The van der Waals surface area contributed by atoms with Crippen LogP contribution in [0.25, 0.3) is 44.3 Å². The summed E-state index contributed by atoms with van der Waals surface area (Å²) in [6.07, 6.45) is 3.73. The van der Waals surface area contributed by atoms with Crippen LogP contribution in [0.2, 0.25) is 0 Å². The minimum Gasteiger partial charge on any atom is -0.496 e. The fraction of sp³-hybridized carbons (Fsp3) is 0.280. The summed E-state index contributed by atoms with van der Waals surface area (Å²) in [6.45, 7) is 10.1. The molecule has 0 amide bonds. The number of benzene rings is 1. The summed E-state index contributed by atoms with van der Waals surface area (Å²) in [4.78, 5) is 17.4. The first-order valence-electron chi connectivity index (χ1n) is 10.6. The van der Waals surface area contributed by atoms with Gasteiger partial charge in [-0.15, -0.1) is 0 Å². The predicted octanol–water partition coefficient (Wildman–Crippen LogP) is 5.89. The molecule has 32 heavy (non-hydrogen) atoms. The third kappa shape index (κ3) is 3.04. The van der Waals surface area contributed by atoms with E-state index in [4.69, 9.17) is 19.2 Å². The van der Waals surface area contributed by atoms with Crippen molar-refractivity contribution in [2.75, 3.05) is 7.11 Å². The number of pyridine rings is 1. The van der Waals surface area contributed by atoms with Crippen LogP contribution in [0.5, 0.6) is 5.75 Å². The molecule has 0 atom stereocenters. The number of aromatic amines is 1. The number of aryl methyl sites for hydroxylation is 3. The van der Waals surface area contributed by atoms with Gasteiger partial charge in [0.15, 0.2) is 0 Å². The second kappa shape index (κ2) is 7.44. The largest absolute Gasteiger partial charge is 0.496 e. The maximum atomic E-state index is 5.80. The zero-order valence-corrected chi connectivity index (χ0v) is 19.1. The highest BCUT2D eigenvalue weighted by Crippen LogP contribution is 2.42. The van der Waals surface area contributed by atoms with Gasteiger partial charge in [-0.1, -0.05) is 19.0 Å². The number of methoxy groups -OCH3 is 1. The highest BCUT2D eigenvalue weighted by molar-refractivity contribution is 6.13. The Morgan fingerprint density at radius 1 is 1.06 bits per heavy atom. The number of hydrogen-bond acceptors (Lipinski definition) is 6. The number of H-pyrrole nitrogens is 1. The summed E-state index contributed by atoms with van der Waals surface area (Å²) in [5.41, 5.74) is 7.54. The average Bonchev–Trinajstić information content (AvgIpc) is 3.30.